The largest absolute Gasteiger partial charge is 0.497 e. The quantitative estimate of drug-likeness (QED) is 0.458. The van der Waals surface area contributed by atoms with Gasteiger partial charge in [-0.05, 0) is 31.0 Å². The first kappa shape index (κ1) is 19.9. The van der Waals surface area contributed by atoms with E-state index in [1.807, 2.05) is 0 Å². The number of hydrogen-bond donors (Lipinski definition) is 1. The Bertz CT molecular complexity index is 1000. The molecule has 0 atom stereocenters. The first-order valence-electron chi connectivity index (χ1n) is 9.05. The molecule has 0 aliphatic carbocycles. The number of rotatable bonds is 8. The van der Waals surface area contributed by atoms with Gasteiger partial charge in [-0.3, -0.25) is 10.5 Å². The molecule has 0 amide bonds. The van der Waals surface area contributed by atoms with Crippen LogP contribution in [0.15, 0.2) is 30.3 Å². The number of halogens is 1. The third-order valence-electron chi connectivity index (χ3n) is 4.42. The van der Waals surface area contributed by atoms with Crippen LogP contribution in [0.25, 0.3) is 5.65 Å². The number of ether oxygens (including phenoxy) is 2. The maximum Gasteiger partial charge on any atom is 0.401 e. The van der Waals surface area contributed by atoms with Gasteiger partial charge in [-0.1, -0.05) is 40.2 Å². The molecule has 148 valence electrons. The van der Waals surface area contributed by atoms with E-state index in [0.717, 1.165) is 12.8 Å². The van der Waals surface area contributed by atoms with Gasteiger partial charge in [0.25, 0.3) is 5.65 Å². The predicted molar refractivity (Wildman–Crippen MR) is 105 cm³/mol. The summed E-state index contributed by atoms with van der Waals surface area (Å²) in [5.74, 6) is 0.999. The Morgan fingerprint density at radius 3 is 2.71 bits per heavy atom. The summed E-state index contributed by atoms with van der Waals surface area (Å²) in [7, 11) is 1.52. The molecule has 0 aliphatic heterocycles. The highest BCUT2D eigenvalue weighted by Crippen LogP contribution is 2.21. The smallest absolute Gasteiger partial charge is 0.401 e. The zero-order valence-corrected chi connectivity index (χ0v) is 16.8. The van der Waals surface area contributed by atoms with E-state index in [1.54, 1.807) is 30.3 Å². The lowest BCUT2D eigenvalue weighted by molar-refractivity contribution is -0.723. The molecule has 0 bridgehead atoms. The number of anilines is 1. The minimum absolute atomic E-state index is 0.0541. The molecule has 1 aromatic carbocycles. The van der Waals surface area contributed by atoms with Crippen LogP contribution in [0.4, 0.5) is 5.95 Å². The molecule has 0 unspecified atom stereocenters. The van der Waals surface area contributed by atoms with Crippen LogP contribution < -0.4 is 19.9 Å². The molecule has 8 nitrogen and oxygen atoms in total. The lowest BCUT2D eigenvalue weighted by atomic mass is 10.1. The van der Waals surface area contributed by atoms with Crippen molar-refractivity contribution < 1.29 is 19.0 Å². The Hall–Kier alpha value is -2.87. The van der Waals surface area contributed by atoms with Gasteiger partial charge >= 0.3 is 5.95 Å². The number of nitrogen functional groups attached to an aromatic ring is 1. The summed E-state index contributed by atoms with van der Waals surface area (Å²) in [4.78, 5) is 12.7. The van der Waals surface area contributed by atoms with Crippen LogP contribution in [0.2, 0.25) is 5.02 Å². The second-order valence-electron chi connectivity index (χ2n) is 6.32. The fourth-order valence-corrected chi connectivity index (χ4v) is 3.03. The lowest BCUT2D eigenvalue weighted by Crippen LogP contribution is -2.42. The van der Waals surface area contributed by atoms with Gasteiger partial charge < -0.3 is 9.47 Å². The average molecular weight is 405 g/mol. The topological polar surface area (TPSA) is 95.6 Å². The Kier molecular flexibility index (Phi) is 5.99. The van der Waals surface area contributed by atoms with Crippen LogP contribution in [0, 0.1) is 0 Å². The zero-order valence-electron chi connectivity index (χ0n) is 16.1. The minimum atomic E-state index is -0.200. The molecule has 2 heterocycles. The van der Waals surface area contributed by atoms with Crippen molar-refractivity contribution in [2.24, 2.45) is 0 Å². The van der Waals surface area contributed by atoms with Crippen LogP contribution in [0.1, 0.15) is 37.0 Å². The molecule has 2 aromatic heterocycles. The van der Waals surface area contributed by atoms with E-state index in [0.29, 0.717) is 27.9 Å². The molecule has 2 N–H and O–H groups in total. The number of carbonyl (C=O) groups excluding carboxylic acids is 1. The van der Waals surface area contributed by atoms with Gasteiger partial charge in [0.1, 0.15) is 11.9 Å². The standard InChI is InChI=1S/C19H22ClN5O3/c1-4-14(5-2)28-18-7-6-17-22-24(19(21)25(17)23-18)11-16(26)12-8-13(20)10-15(9-12)27-3/h6-10,14,21H,4-5,11H2,1-3H3/p+1. The molecule has 9 heteroatoms. The van der Waals surface area contributed by atoms with E-state index in [1.165, 1.54) is 16.3 Å². The summed E-state index contributed by atoms with van der Waals surface area (Å²) in [6, 6.07) is 8.34. The normalized spacial score (nSPS) is 11.2. The van der Waals surface area contributed by atoms with Crippen molar-refractivity contribution in [1.29, 1.82) is 0 Å². The lowest BCUT2D eigenvalue weighted by Gasteiger charge is -2.13. The van der Waals surface area contributed by atoms with Gasteiger partial charge in [-0.15, -0.1) is 4.68 Å². The van der Waals surface area contributed by atoms with Crippen LogP contribution in [-0.4, -0.2) is 33.7 Å². The molecule has 3 rings (SSSR count). The van der Waals surface area contributed by atoms with Gasteiger partial charge in [0, 0.05) is 22.7 Å². The fourth-order valence-electron chi connectivity index (χ4n) is 2.80. The van der Waals surface area contributed by atoms with E-state index >= 15 is 0 Å². The number of benzene rings is 1. The molecule has 28 heavy (non-hydrogen) atoms. The number of methoxy groups -OCH3 is 1. The number of hydrogen-bond acceptors (Lipinski definition) is 6. The Morgan fingerprint density at radius 1 is 1.29 bits per heavy atom. The van der Waals surface area contributed by atoms with Crippen LogP contribution in [0.5, 0.6) is 11.6 Å². The fraction of sp³-hybridized carbons (Fsp3) is 0.368. The summed E-state index contributed by atoms with van der Waals surface area (Å²) in [5.41, 5.74) is 7.09. The molecule has 3 aromatic rings. The summed E-state index contributed by atoms with van der Waals surface area (Å²) < 4.78 is 13.9. The van der Waals surface area contributed by atoms with Crippen molar-refractivity contribution in [3.8, 4) is 11.6 Å². The molecule has 0 saturated heterocycles. The molecular weight excluding hydrogens is 382 g/mol. The number of Topliss-reactive ketones (excluding diaryl/α,β-unsaturated/α-hetero) is 1. The second-order valence-corrected chi connectivity index (χ2v) is 6.75. The van der Waals surface area contributed by atoms with E-state index in [2.05, 4.69) is 24.0 Å². The summed E-state index contributed by atoms with van der Waals surface area (Å²) >= 11 is 6.05. The third kappa shape index (κ3) is 4.17. The molecule has 0 aliphatic rings. The number of carbonyl (C=O) groups is 1. The van der Waals surface area contributed by atoms with Crippen molar-refractivity contribution in [1.82, 2.24) is 14.7 Å². The molecule has 0 fully saturated rings. The first-order valence-corrected chi connectivity index (χ1v) is 9.42. The van der Waals surface area contributed by atoms with E-state index in [4.69, 9.17) is 26.8 Å². The second kappa shape index (κ2) is 8.43. The van der Waals surface area contributed by atoms with E-state index < -0.39 is 0 Å². The highest BCUT2D eigenvalue weighted by atomic mass is 35.5. The minimum Gasteiger partial charge on any atom is -0.497 e. The van der Waals surface area contributed by atoms with Crippen LogP contribution in [-0.2, 0) is 6.54 Å². The SMILES string of the molecule is CCC(CC)Oc1ccc2n[n+](CC(=O)c3cc(Cl)cc(OC)c3)c(N)n2n1. The van der Waals surface area contributed by atoms with Crippen LogP contribution in [0.3, 0.4) is 0 Å². The third-order valence-corrected chi connectivity index (χ3v) is 4.63. The maximum absolute atomic E-state index is 12.7. The number of nitrogens with zero attached hydrogens (tertiary/aromatic N) is 4. The van der Waals surface area contributed by atoms with Crippen molar-refractivity contribution in [3.05, 3.63) is 40.9 Å². The van der Waals surface area contributed by atoms with Gasteiger partial charge in [0.15, 0.2) is 12.3 Å². The predicted octanol–water partition coefficient (Wildman–Crippen LogP) is 2.71. The van der Waals surface area contributed by atoms with E-state index in [-0.39, 0.29) is 24.4 Å². The zero-order chi connectivity index (χ0) is 20.3. The number of fused-ring (bicyclic) bond motifs is 1. The maximum atomic E-state index is 12.7. The highest BCUT2D eigenvalue weighted by molar-refractivity contribution is 6.31. The Labute approximate surface area is 167 Å². The molecule has 0 radical (unpaired) electrons. The van der Waals surface area contributed by atoms with Gasteiger partial charge in [0.2, 0.25) is 5.88 Å². The summed E-state index contributed by atoms with van der Waals surface area (Å²) in [6.45, 7) is 4.06. The van der Waals surface area contributed by atoms with Gasteiger partial charge in [-0.2, -0.15) is 0 Å². The number of ketones is 1. The summed E-state index contributed by atoms with van der Waals surface area (Å²) in [5, 5.41) is 9.16. The Balaban J connectivity index is 1.86. The van der Waals surface area contributed by atoms with Crippen molar-refractivity contribution in [3.63, 3.8) is 0 Å². The number of nitrogens with two attached hydrogens (primary N) is 1. The van der Waals surface area contributed by atoms with Gasteiger partial charge in [-0.25, -0.2) is 0 Å². The summed E-state index contributed by atoms with van der Waals surface area (Å²) in [6.07, 6.45) is 1.85. The highest BCUT2D eigenvalue weighted by Gasteiger charge is 2.22. The molecule has 0 spiro atoms. The monoisotopic (exact) mass is 404 g/mol. The number of aromatic nitrogens is 4. The first-order chi connectivity index (χ1) is 13.4. The van der Waals surface area contributed by atoms with Gasteiger partial charge in [0.05, 0.1) is 7.11 Å². The molecular formula is C19H23ClN5O3+. The van der Waals surface area contributed by atoms with Crippen molar-refractivity contribution in [2.75, 3.05) is 12.8 Å². The molecule has 0 saturated carbocycles. The average Bonchev–Trinajstić information content (AvgIpc) is 3.00. The van der Waals surface area contributed by atoms with Crippen LogP contribution >= 0.6 is 11.6 Å². The Morgan fingerprint density at radius 2 is 2.04 bits per heavy atom. The van der Waals surface area contributed by atoms with E-state index in [9.17, 15) is 4.79 Å². The van der Waals surface area contributed by atoms with Crippen molar-refractivity contribution in [2.45, 2.75) is 39.3 Å². The van der Waals surface area contributed by atoms with Crippen molar-refractivity contribution >= 4 is 29.0 Å².